The van der Waals surface area contributed by atoms with Gasteiger partial charge in [-0.2, -0.15) is 0 Å². The third-order valence-electron chi connectivity index (χ3n) is 3.31. The SMILES string of the molecule is NC(=O)[C@@H](Cc1ccc(I)cc1)NC(=O)[C@@H]1CCOC1. The van der Waals surface area contributed by atoms with Crippen molar-refractivity contribution in [3.63, 3.8) is 0 Å². The molecule has 2 rings (SSSR count). The summed E-state index contributed by atoms with van der Waals surface area (Å²) in [6.07, 6.45) is 1.10. The molecular formula is C14H17IN2O3. The summed E-state index contributed by atoms with van der Waals surface area (Å²) in [5.74, 6) is -0.846. The zero-order valence-corrected chi connectivity index (χ0v) is 13.1. The Hall–Kier alpha value is -1.15. The fraction of sp³-hybridized carbons (Fsp3) is 0.429. The Morgan fingerprint density at radius 1 is 1.40 bits per heavy atom. The minimum atomic E-state index is -0.678. The van der Waals surface area contributed by atoms with Gasteiger partial charge in [-0.25, -0.2) is 0 Å². The van der Waals surface area contributed by atoms with Gasteiger partial charge < -0.3 is 15.8 Å². The molecule has 1 aliphatic rings. The Balaban J connectivity index is 1.98. The predicted octanol–water partition coefficient (Wildman–Crippen LogP) is 0.840. The summed E-state index contributed by atoms with van der Waals surface area (Å²) in [4.78, 5) is 23.5. The first kappa shape index (κ1) is 15.2. The molecule has 1 fully saturated rings. The topological polar surface area (TPSA) is 81.4 Å². The quantitative estimate of drug-likeness (QED) is 0.734. The molecule has 20 heavy (non-hydrogen) atoms. The number of nitrogens with one attached hydrogen (secondary N) is 1. The van der Waals surface area contributed by atoms with E-state index < -0.39 is 11.9 Å². The van der Waals surface area contributed by atoms with E-state index in [1.807, 2.05) is 24.3 Å². The Bertz CT molecular complexity index is 484. The number of ether oxygens (including phenoxy) is 1. The van der Waals surface area contributed by atoms with Crippen molar-refractivity contribution in [3.8, 4) is 0 Å². The van der Waals surface area contributed by atoms with Gasteiger partial charge in [-0.05, 0) is 46.7 Å². The van der Waals surface area contributed by atoms with Crippen LogP contribution in [0.2, 0.25) is 0 Å². The number of rotatable bonds is 5. The van der Waals surface area contributed by atoms with Gasteiger partial charge in [0, 0.05) is 16.6 Å². The molecule has 0 spiro atoms. The Labute approximate surface area is 131 Å². The molecule has 0 unspecified atom stereocenters. The number of nitrogens with two attached hydrogens (primary N) is 1. The number of amides is 2. The van der Waals surface area contributed by atoms with Crippen LogP contribution in [-0.4, -0.2) is 31.1 Å². The number of hydrogen-bond acceptors (Lipinski definition) is 3. The van der Waals surface area contributed by atoms with Crippen LogP contribution >= 0.6 is 22.6 Å². The van der Waals surface area contributed by atoms with Crippen molar-refractivity contribution in [2.24, 2.45) is 11.7 Å². The molecule has 3 N–H and O–H groups in total. The minimum absolute atomic E-state index is 0.156. The highest BCUT2D eigenvalue weighted by Gasteiger charge is 2.27. The normalized spacial score (nSPS) is 19.6. The van der Waals surface area contributed by atoms with Crippen LogP contribution in [0.25, 0.3) is 0 Å². The van der Waals surface area contributed by atoms with Crippen LogP contribution in [0.4, 0.5) is 0 Å². The van der Waals surface area contributed by atoms with Crippen LogP contribution in [-0.2, 0) is 20.7 Å². The molecule has 1 saturated heterocycles. The van der Waals surface area contributed by atoms with E-state index in [9.17, 15) is 9.59 Å². The molecule has 0 radical (unpaired) electrons. The fourth-order valence-electron chi connectivity index (χ4n) is 2.11. The second-order valence-electron chi connectivity index (χ2n) is 4.85. The molecule has 0 aliphatic carbocycles. The summed E-state index contributed by atoms with van der Waals surface area (Å²) in [7, 11) is 0. The molecule has 0 aromatic heterocycles. The van der Waals surface area contributed by atoms with Crippen molar-refractivity contribution >= 4 is 34.4 Å². The average Bonchev–Trinajstić information content (AvgIpc) is 2.94. The molecule has 6 heteroatoms. The smallest absolute Gasteiger partial charge is 0.240 e. The van der Waals surface area contributed by atoms with Gasteiger partial charge in [0.1, 0.15) is 6.04 Å². The maximum absolute atomic E-state index is 12.0. The standard InChI is InChI=1S/C14H17IN2O3/c15-11-3-1-9(2-4-11)7-12(13(16)18)17-14(19)10-5-6-20-8-10/h1-4,10,12H,5-8H2,(H2,16,18)(H,17,19)/t10-,12-/m1/s1. The third kappa shape index (κ3) is 4.17. The minimum Gasteiger partial charge on any atom is -0.381 e. The van der Waals surface area contributed by atoms with E-state index in [2.05, 4.69) is 27.9 Å². The number of halogens is 1. The van der Waals surface area contributed by atoms with Gasteiger partial charge in [0.25, 0.3) is 0 Å². The average molecular weight is 388 g/mol. The Morgan fingerprint density at radius 3 is 2.65 bits per heavy atom. The van der Waals surface area contributed by atoms with E-state index in [-0.39, 0.29) is 11.8 Å². The van der Waals surface area contributed by atoms with Crippen molar-refractivity contribution in [3.05, 3.63) is 33.4 Å². The number of carbonyl (C=O) groups excluding carboxylic acids is 2. The zero-order chi connectivity index (χ0) is 14.5. The van der Waals surface area contributed by atoms with E-state index in [1.54, 1.807) is 0 Å². The summed E-state index contributed by atoms with van der Waals surface area (Å²) in [6.45, 7) is 1.01. The molecule has 0 bridgehead atoms. The third-order valence-corrected chi connectivity index (χ3v) is 4.03. The lowest BCUT2D eigenvalue weighted by Crippen LogP contribution is -2.48. The van der Waals surface area contributed by atoms with Crippen molar-refractivity contribution in [1.82, 2.24) is 5.32 Å². The zero-order valence-electron chi connectivity index (χ0n) is 11.0. The second-order valence-corrected chi connectivity index (χ2v) is 6.10. The van der Waals surface area contributed by atoms with Gasteiger partial charge >= 0.3 is 0 Å². The summed E-state index contributed by atoms with van der Waals surface area (Å²) >= 11 is 2.21. The van der Waals surface area contributed by atoms with Crippen LogP contribution in [0.1, 0.15) is 12.0 Å². The number of primary amides is 1. The number of carbonyl (C=O) groups is 2. The number of hydrogen-bond donors (Lipinski definition) is 2. The summed E-state index contributed by atoms with van der Waals surface area (Å²) in [5.41, 5.74) is 6.34. The largest absolute Gasteiger partial charge is 0.381 e. The van der Waals surface area contributed by atoms with Gasteiger partial charge in [-0.3, -0.25) is 9.59 Å². The van der Waals surface area contributed by atoms with E-state index >= 15 is 0 Å². The first-order valence-electron chi connectivity index (χ1n) is 6.48. The molecule has 1 heterocycles. The lowest BCUT2D eigenvalue weighted by Gasteiger charge is -2.17. The van der Waals surface area contributed by atoms with Crippen LogP contribution in [0.3, 0.4) is 0 Å². The monoisotopic (exact) mass is 388 g/mol. The number of benzene rings is 1. The summed E-state index contributed by atoms with van der Waals surface area (Å²) in [6, 6.07) is 7.11. The Kier molecular flexibility index (Phi) is 5.36. The van der Waals surface area contributed by atoms with Crippen LogP contribution < -0.4 is 11.1 Å². The first-order valence-corrected chi connectivity index (χ1v) is 7.56. The van der Waals surface area contributed by atoms with Crippen LogP contribution in [0, 0.1) is 9.49 Å². The van der Waals surface area contributed by atoms with Gasteiger partial charge in [0.2, 0.25) is 11.8 Å². The van der Waals surface area contributed by atoms with Gasteiger partial charge in [-0.15, -0.1) is 0 Å². The first-order chi connectivity index (χ1) is 9.56. The molecule has 5 nitrogen and oxygen atoms in total. The van der Waals surface area contributed by atoms with E-state index in [4.69, 9.17) is 10.5 Å². The highest BCUT2D eigenvalue weighted by Crippen LogP contribution is 2.13. The van der Waals surface area contributed by atoms with Crippen molar-refractivity contribution < 1.29 is 14.3 Å². The van der Waals surface area contributed by atoms with Crippen LogP contribution in [0.15, 0.2) is 24.3 Å². The predicted molar refractivity (Wildman–Crippen MR) is 82.9 cm³/mol. The molecule has 2 atom stereocenters. The maximum Gasteiger partial charge on any atom is 0.240 e. The summed E-state index contributed by atoms with van der Waals surface area (Å²) in [5, 5.41) is 2.73. The Morgan fingerprint density at radius 2 is 2.10 bits per heavy atom. The van der Waals surface area contributed by atoms with E-state index in [0.717, 1.165) is 9.13 Å². The lowest BCUT2D eigenvalue weighted by atomic mass is 10.0. The maximum atomic E-state index is 12.0. The van der Waals surface area contributed by atoms with E-state index in [1.165, 1.54) is 0 Å². The molecular weight excluding hydrogens is 371 g/mol. The van der Waals surface area contributed by atoms with Crippen molar-refractivity contribution in [2.75, 3.05) is 13.2 Å². The highest BCUT2D eigenvalue weighted by atomic mass is 127. The van der Waals surface area contributed by atoms with Crippen LogP contribution in [0.5, 0.6) is 0 Å². The molecule has 1 aliphatic heterocycles. The fourth-order valence-corrected chi connectivity index (χ4v) is 2.47. The second kappa shape index (κ2) is 7.03. The molecule has 1 aromatic carbocycles. The molecule has 108 valence electrons. The van der Waals surface area contributed by atoms with E-state index in [0.29, 0.717) is 26.1 Å². The van der Waals surface area contributed by atoms with Gasteiger partial charge in [0.15, 0.2) is 0 Å². The van der Waals surface area contributed by atoms with Gasteiger partial charge in [-0.1, -0.05) is 12.1 Å². The van der Waals surface area contributed by atoms with Gasteiger partial charge in [0.05, 0.1) is 12.5 Å². The van der Waals surface area contributed by atoms with Crippen molar-refractivity contribution in [1.29, 1.82) is 0 Å². The van der Waals surface area contributed by atoms with Crippen molar-refractivity contribution in [2.45, 2.75) is 18.9 Å². The molecule has 2 amide bonds. The highest BCUT2D eigenvalue weighted by molar-refractivity contribution is 14.1. The summed E-state index contributed by atoms with van der Waals surface area (Å²) < 4.78 is 6.29. The lowest BCUT2D eigenvalue weighted by molar-refractivity contribution is -0.129. The molecule has 0 saturated carbocycles. The molecule has 1 aromatic rings.